The maximum Gasteiger partial charge on any atom is 0.330 e. The maximum absolute atomic E-state index is 11.9. The molecule has 1 rings (SSSR count). The van der Waals surface area contributed by atoms with Gasteiger partial charge in [0.05, 0.1) is 18.3 Å². The first-order valence-electron chi connectivity index (χ1n) is 8.96. The van der Waals surface area contributed by atoms with Crippen molar-refractivity contribution in [1.29, 1.82) is 0 Å². The van der Waals surface area contributed by atoms with Crippen LogP contribution in [0.4, 0.5) is 0 Å². The summed E-state index contributed by atoms with van der Waals surface area (Å²) in [5.41, 5.74) is 0. The van der Waals surface area contributed by atoms with Gasteiger partial charge in [0.15, 0.2) is 0 Å². The number of unbranched alkanes of at least 4 members (excludes halogenated alkanes) is 2. The second kappa shape index (κ2) is 11.6. The Bertz CT molecular complexity index is 355. The Morgan fingerprint density at radius 1 is 1.13 bits per heavy atom. The summed E-state index contributed by atoms with van der Waals surface area (Å²) in [5, 5.41) is 29.5. The molecule has 0 unspecified atom stereocenters. The fourth-order valence-electron chi connectivity index (χ4n) is 2.86. The van der Waals surface area contributed by atoms with Crippen molar-refractivity contribution in [3.05, 3.63) is 12.2 Å². The SMILES string of the molecule is CCCCC[C@H]1CCCCC[C@H](O)C[C@@H](O)[C@H](O)/C=C/C(=O)O1. The zero-order valence-electron chi connectivity index (χ0n) is 14.2. The zero-order valence-corrected chi connectivity index (χ0v) is 14.2. The van der Waals surface area contributed by atoms with E-state index in [1.54, 1.807) is 0 Å². The van der Waals surface area contributed by atoms with Crippen molar-refractivity contribution in [3.8, 4) is 0 Å². The van der Waals surface area contributed by atoms with Crippen molar-refractivity contribution >= 4 is 5.97 Å². The van der Waals surface area contributed by atoms with Gasteiger partial charge in [-0.3, -0.25) is 0 Å². The van der Waals surface area contributed by atoms with Crippen LogP contribution in [0.25, 0.3) is 0 Å². The average Bonchev–Trinajstić information content (AvgIpc) is 2.51. The minimum absolute atomic E-state index is 0.0892. The molecule has 0 spiro atoms. The van der Waals surface area contributed by atoms with Crippen molar-refractivity contribution in [2.45, 2.75) is 95.5 Å². The van der Waals surface area contributed by atoms with Crippen LogP contribution in [-0.4, -0.2) is 45.7 Å². The topological polar surface area (TPSA) is 87.0 Å². The molecule has 134 valence electrons. The molecule has 1 aliphatic rings. The fourth-order valence-corrected chi connectivity index (χ4v) is 2.86. The van der Waals surface area contributed by atoms with Gasteiger partial charge in [-0.25, -0.2) is 4.79 Å². The fraction of sp³-hybridized carbons (Fsp3) is 0.833. The Balaban J connectivity index is 2.63. The smallest absolute Gasteiger partial charge is 0.330 e. The van der Waals surface area contributed by atoms with E-state index in [1.807, 2.05) is 0 Å². The third kappa shape index (κ3) is 9.08. The highest BCUT2D eigenvalue weighted by atomic mass is 16.5. The Morgan fingerprint density at radius 3 is 2.61 bits per heavy atom. The molecule has 0 aliphatic carbocycles. The van der Waals surface area contributed by atoms with Crippen LogP contribution in [0.2, 0.25) is 0 Å². The third-order valence-electron chi connectivity index (χ3n) is 4.31. The first kappa shape index (κ1) is 20.1. The van der Waals surface area contributed by atoms with E-state index in [-0.39, 0.29) is 12.5 Å². The van der Waals surface area contributed by atoms with Crippen LogP contribution in [0.3, 0.4) is 0 Å². The molecule has 0 bridgehead atoms. The summed E-state index contributed by atoms with van der Waals surface area (Å²) >= 11 is 0. The number of carbonyl (C=O) groups excluding carboxylic acids is 1. The molecule has 3 N–H and O–H groups in total. The van der Waals surface area contributed by atoms with Crippen LogP contribution in [0.15, 0.2) is 12.2 Å². The molecule has 1 aliphatic heterocycles. The number of hydrogen-bond acceptors (Lipinski definition) is 5. The van der Waals surface area contributed by atoms with Gasteiger partial charge in [0, 0.05) is 12.5 Å². The molecule has 5 heteroatoms. The first-order valence-corrected chi connectivity index (χ1v) is 8.96. The van der Waals surface area contributed by atoms with Gasteiger partial charge in [-0.15, -0.1) is 0 Å². The molecule has 4 atom stereocenters. The average molecular weight is 328 g/mol. The van der Waals surface area contributed by atoms with Gasteiger partial charge >= 0.3 is 5.97 Å². The van der Waals surface area contributed by atoms with Crippen LogP contribution >= 0.6 is 0 Å². The quantitative estimate of drug-likeness (QED) is 0.545. The largest absolute Gasteiger partial charge is 0.459 e. The molecular formula is C18H32O5. The monoisotopic (exact) mass is 328 g/mol. The predicted molar refractivity (Wildman–Crippen MR) is 88.9 cm³/mol. The minimum atomic E-state index is -1.17. The van der Waals surface area contributed by atoms with Gasteiger partial charge in [0.1, 0.15) is 6.10 Å². The number of rotatable bonds is 4. The molecule has 0 fully saturated rings. The van der Waals surface area contributed by atoms with Crippen LogP contribution in [-0.2, 0) is 9.53 Å². The third-order valence-corrected chi connectivity index (χ3v) is 4.31. The van der Waals surface area contributed by atoms with Gasteiger partial charge < -0.3 is 20.1 Å². The lowest BCUT2D eigenvalue weighted by atomic mass is 9.99. The second-order valence-corrected chi connectivity index (χ2v) is 6.50. The van der Waals surface area contributed by atoms with Crippen LogP contribution in [0.1, 0.15) is 71.1 Å². The van der Waals surface area contributed by atoms with Crippen LogP contribution in [0, 0.1) is 0 Å². The molecule has 0 amide bonds. The lowest BCUT2D eigenvalue weighted by Gasteiger charge is -2.20. The van der Waals surface area contributed by atoms with E-state index in [4.69, 9.17) is 4.74 Å². The summed E-state index contributed by atoms with van der Waals surface area (Å²) in [7, 11) is 0. The molecule has 0 saturated heterocycles. The van der Waals surface area contributed by atoms with E-state index in [1.165, 1.54) is 12.2 Å². The number of hydrogen-bond donors (Lipinski definition) is 3. The zero-order chi connectivity index (χ0) is 17.1. The predicted octanol–water partition coefficient (Wildman–Crippen LogP) is 2.47. The normalized spacial score (nSPS) is 32.8. The van der Waals surface area contributed by atoms with E-state index >= 15 is 0 Å². The minimum Gasteiger partial charge on any atom is -0.459 e. The van der Waals surface area contributed by atoms with Crippen LogP contribution < -0.4 is 0 Å². The maximum atomic E-state index is 11.9. The summed E-state index contributed by atoms with van der Waals surface area (Å²) in [6.45, 7) is 2.14. The second-order valence-electron chi connectivity index (χ2n) is 6.50. The Hall–Kier alpha value is -0.910. The van der Waals surface area contributed by atoms with Gasteiger partial charge in [-0.2, -0.15) is 0 Å². The molecular weight excluding hydrogens is 296 g/mol. The van der Waals surface area contributed by atoms with Crippen molar-refractivity contribution < 1.29 is 24.9 Å². The van der Waals surface area contributed by atoms with Crippen LogP contribution in [0.5, 0.6) is 0 Å². The van der Waals surface area contributed by atoms with E-state index in [0.717, 1.165) is 51.4 Å². The van der Waals surface area contributed by atoms with E-state index in [0.29, 0.717) is 6.42 Å². The number of aliphatic hydroxyl groups is 3. The lowest BCUT2D eigenvalue weighted by molar-refractivity contribution is -0.143. The molecule has 0 aromatic heterocycles. The lowest BCUT2D eigenvalue weighted by Crippen LogP contribution is -2.29. The summed E-state index contributed by atoms with van der Waals surface area (Å²) in [6.07, 6.45) is 8.00. The van der Waals surface area contributed by atoms with Gasteiger partial charge in [-0.05, 0) is 38.2 Å². The van der Waals surface area contributed by atoms with Gasteiger partial charge in [0.25, 0.3) is 0 Å². The summed E-state index contributed by atoms with van der Waals surface area (Å²) in [5.74, 6) is -0.477. The summed E-state index contributed by atoms with van der Waals surface area (Å²) in [4.78, 5) is 11.9. The molecule has 23 heavy (non-hydrogen) atoms. The highest BCUT2D eigenvalue weighted by Gasteiger charge is 2.19. The number of carbonyl (C=O) groups is 1. The molecule has 1 heterocycles. The van der Waals surface area contributed by atoms with Gasteiger partial charge in [0.2, 0.25) is 0 Å². The Kier molecular flexibility index (Phi) is 10.2. The Labute approximate surface area is 139 Å². The van der Waals surface area contributed by atoms with Crippen molar-refractivity contribution in [2.75, 3.05) is 0 Å². The first-order chi connectivity index (χ1) is 11.0. The van der Waals surface area contributed by atoms with Crippen molar-refractivity contribution in [1.82, 2.24) is 0 Å². The van der Waals surface area contributed by atoms with Crippen molar-refractivity contribution in [3.63, 3.8) is 0 Å². The number of cyclic esters (lactones) is 1. The van der Waals surface area contributed by atoms with E-state index in [2.05, 4.69) is 6.92 Å². The van der Waals surface area contributed by atoms with E-state index < -0.39 is 24.3 Å². The van der Waals surface area contributed by atoms with Crippen molar-refractivity contribution in [2.24, 2.45) is 0 Å². The summed E-state index contributed by atoms with van der Waals surface area (Å²) in [6, 6.07) is 0. The number of aliphatic hydroxyl groups excluding tert-OH is 3. The Morgan fingerprint density at radius 2 is 1.87 bits per heavy atom. The standard InChI is InChI=1S/C18H32O5/c1-2-3-5-9-15-10-7-4-6-8-14(19)13-17(21)16(20)11-12-18(22)23-15/h11-12,14-17,19-21H,2-10,13H2,1H3/b12-11+/t14-,15-,16+,17+/m0/s1. The number of ether oxygens (including phenoxy) is 1. The highest BCUT2D eigenvalue weighted by molar-refractivity contribution is 5.82. The summed E-state index contributed by atoms with van der Waals surface area (Å²) < 4.78 is 5.48. The molecule has 5 nitrogen and oxygen atoms in total. The van der Waals surface area contributed by atoms with Gasteiger partial charge in [-0.1, -0.05) is 32.6 Å². The highest BCUT2D eigenvalue weighted by Crippen LogP contribution is 2.18. The van der Waals surface area contributed by atoms with E-state index in [9.17, 15) is 20.1 Å². The molecule has 0 aromatic carbocycles. The number of esters is 1. The molecule has 0 saturated carbocycles. The molecule has 0 radical (unpaired) electrons. The molecule has 0 aromatic rings.